The molecule has 4 nitrogen and oxygen atoms in total. The first-order valence-corrected chi connectivity index (χ1v) is 6.09. The molecule has 5 heteroatoms. The highest BCUT2D eigenvalue weighted by molar-refractivity contribution is 7.18. The van der Waals surface area contributed by atoms with E-state index in [1.807, 2.05) is 31.4 Å². The van der Waals surface area contributed by atoms with E-state index in [9.17, 15) is 0 Å². The van der Waals surface area contributed by atoms with E-state index < -0.39 is 0 Å². The summed E-state index contributed by atoms with van der Waals surface area (Å²) in [6, 6.07) is 8.10. The monoisotopic (exact) mass is 245 g/mol. The van der Waals surface area contributed by atoms with Crippen LogP contribution in [0.25, 0.3) is 10.2 Å². The van der Waals surface area contributed by atoms with Crippen molar-refractivity contribution in [3.63, 3.8) is 0 Å². The van der Waals surface area contributed by atoms with Gasteiger partial charge in [-0.15, -0.1) is 11.3 Å². The van der Waals surface area contributed by atoms with Crippen molar-refractivity contribution in [1.82, 2.24) is 14.8 Å². The summed E-state index contributed by atoms with van der Waals surface area (Å²) in [5, 5.41) is 5.03. The molecular weight excluding hydrogens is 234 g/mol. The van der Waals surface area contributed by atoms with Gasteiger partial charge in [0.2, 0.25) is 0 Å². The molecule has 0 fully saturated rings. The van der Waals surface area contributed by atoms with Crippen LogP contribution in [0.4, 0.5) is 0 Å². The summed E-state index contributed by atoms with van der Waals surface area (Å²) in [5.41, 5.74) is 1.03. The van der Waals surface area contributed by atoms with Crippen LogP contribution in [0.3, 0.4) is 0 Å². The molecular formula is C12H11N3OS. The van der Waals surface area contributed by atoms with Crippen molar-refractivity contribution in [3.8, 4) is 5.75 Å². The van der Waals surface area contributed by atoms with Gasteiger partial charge in [0.1, 0.15) is 11.6 Å². The topological polar surface area (TPSA) is 39.9 Å². The highest BCUT2D eigenvalue weighted by Crippen LogP contribution is 2.22. The van der Waals surface area contributed by atoms with E-state index in [1.165, 1.54) is 4.70 Å². The van der Waals surface area contributed by atoms with Gasteiger partial charge in [-0.2, -0.15) is 5.10 Å². The van der Waals surface area contributed by atoms with E-state index in [-0.39, 0.29) is 0 Å². The Bertz CT molecular complexity index is 611. The number of benzene rings is 1. The van der Waals surface area contributed by atoms with Gasteiger partial charge in [-0.1, -0.05) is 12.1 Å². The Balaban J connectivity index is 1.76. The molecule has 3 rings (SSSR count). The number of rotatable bonds is 3. The maximum atomic E-state index is 5.61. The minimum Gasteiger partial charge on any atom is -0.483 e. The molecule has 0 aliphatic rings. The molecule has 0 aliphatic carbocycles. The fraction of sp³-hybridized carbons (Fsp3) is 0.167. The first-order chi connectivity index (χ1) is 8.31. The molecule has 0 saturated heterocycles. The van der Waals surface area contributed by atoms with E-state index in [2.05, 4.69) is 16.1 Å². The number of aromatic nitrogens is 3. The molecule has 3 aromatic rings. The SMILES string of the molecule is Cn1cc(OCc2nc3ccccc3s2)cn1. The smallest absolute Gasteiger partial charge is 0.157 e. The van der Waals surface area contributed by atoms with Crippen molar-refractivity contribution in [2.24, 2.45) is 7.05 Å². The Morgan fingerprint density at radius 3 is 3.00 bits per heavy atom. The summed E-state index contributed by atoms with van der Waals surface area (Å²) in [7, 11) is 1.87. The molecule has 0 atom stereocenters. The van der Waals surface area contributed by atoms with Crippen LogP contribution in [0.5, 0.6) is 5.75 Å². The summed E-state index contributed by atoms with van der Waals surface area (Å²) >= 11 is 1.66. The van der Waals surface area contributed by atoms with Crippen LogP contribution in [-0.4, -0.2) is 14.8 Å². The van der Waals surface area contributed by atoms with Crippen molar-refractivity contribution in [1.29, 1.82) is 0 Å². The van der Waals surface area contributed by atoms with Gasteiger partial charge in [0.25, 0.3) is 0 Å². The van der Waals surface area contributed by atoms with Gasteiger partial charge in [-0.25, -0.2) is 4.98 Å². The Labute approximate surface area is 102 Å². The third-order valence-corrected chi connectivity index (χ3v) is 3.39. The van der Waals surface area contributed by atoms with E-state index in [1.54, 1.807) is 22.2 Å². The molecule has 2 aromatic heterocycles. The number of hydrogen-bond acceptors (Lipinski definition) is 4. The minimum atomic E-state index is 0.491. The van der Waals surface area contributed by atoms with Gasteiger partial charge in [-0.05, 0) is 12.1 Å². The number of aryl methyl sites for hydroxylation is 1. The molecule has 86 valence electrons. The first kappa shape index (κ1) is 10.3. The Morgan fingerprint density at radius 1 is 1.35 bits per heavy atom. The molecule has 0 spiro atoms. The van der Waals surface area contributed by atoms with Crippen molar-refractivity contribution < 1.29 is 4.74 Å². The van der Waals surface area contributed by atoms with Crippen molar-refractivity contribution in [3.05, 3.63) is 41.7 Å². The van der Waals surface area contributed by atoms with E-state index in [0.717, 1.165) is 16.3 Å². The predicted molar refractivity (Wildman–Crippen MR) is 67.2 cm³/mol. The lowest BCUT2D eigenvalue weighted by atomic mass is 10.3. The molecule has 0 saturated carbocycles. The lowest BCUT2D eigenvalue weighted by Gasteiger charge is -1.98. The predicted octanol–water partition coefficient (Wildman–Crippen LogP) is 2.61. The summed E-state index contributed by atoms with van der Waals surface area (Å²) in [4.78, 5) is 4.50. The standard InChI is InChI=1S/C12H11N3OS/c1-15-7-9(6-13-15)16-8-12-14-10-4-2-3-5-11(10)17-12/h2-7H,8H2,1H3. The number of nitrogens with zero attached hydrogens (tertiary/aromatic N) is 3. The molecule has 0 aliphatic heterocycles. The van der Waals surface area contributed by atoms with Crippen LogP contribution in [-0.2, 0) is 13.7 Å². The van der Waals surface area contributed by atoms with E-state index in [0.29, 0.717) is 6.61 Å². The normalized spacial score (nSPS) is 10.9. The highest BCUT2D eigenvalue weighted by Gasteiger charge is 2.04. The molecule has 17 heavy (non-hydrogen) atoms. The van der Waals surface area contributed by atoms with Crippen LogP contribution in [0.15, 0.2) is 36.7 Å². The second kappa shape index (κ2) is 4.18. The minimum absolute atomic E-state index is 0.491. The molecule has 0 radical (unpaired) electrons. The summed E-state index contributed by atoms with van der Waals surface area (Å²) < 4.78 is 8.51. The van der Waals surface area contributed by atoms with E-state index >= 15 is 0 Å². The zero-order valence-corrected chi connectivity index (χ0v) is 10.1. The van der Waals surface area contributed by atoms with Crippen molar-refractivity contribution >= 4 is 21.6 Å². The quantitative estimate of drug-likeness (QED) is 0.712. The second-order valence-electron chi connectivity index (χ2n) is 3.71. The second-order valence-corrected chi connectivity index (χ2v) is 4.83. The van der Waals surface area contributed by atoms with Gasteiger partial charge >= 0.3 is 0 Å². The zero-order valence-electron chi connectivity index (χ0n) is 9.33. The largest absolute Gasteiger partial charge is 0.483 e. The van der Waals surface area contributed by atoms with Crippen LogP contribution in [0, 0.1) is 0 Å². The van der Waals surface area contributed by atoms with Crippen LogP contribution < -0.4 is 4.74 Å². The van der Waals surface area contributed by atoms with Crippen LogP contribution in [0.2, 0.25) is 0 Å². The molecule has 2 heterocycles. The van der Waals surface area contributed by atoms with Gasteiger partial charge in [0, 0.05) is 7.05 Å². The molecule has 0 bridgehead atoms. The van der Waals surface area contributed by atoms with Crippen molar-refractivity contribution in [2.75, 3.05) is 0 Å². The maximum absolute atomic E-state index is 5.61. The van der Waals surface area contributed by atoms with Gasteiger partial charge < -0.3 is 4.74 Å². The Kier molecular flexibility index (Phi) is 2.53. The Hall–Kier alpha value is -1.88. The van der Waals surface area contributed by atoms with Gasteiger partial charge in [0.05, 0.1) is 22.6 Å². The summed E-state index contributed by atoms with van der Waals surface area (Å²) in [5.74, 6) is 0.770. The van der Waals surface area contributed by atoms with Gasteiger partial charge in [0.15, 0.2) is 5.75 Å². The zero-order chi connectivity index (χ0) is 11.7. The number of thiazole rings is 1. The number of hydrogen-bond donors (Lipinski definition) is 0. The third kappa shape index (κ3) is 2.14. The average molecular weight is 245 g/mol. The molecule has 0 unspecified atom stereocenters. The molecule has 0 N–H and O–H groups in total. The fourth-order valence-electron chi connectivity index (χ4n) is 1.60. The molecule has 0 amide bonds. The van der Waals surface area contributed by atoms with Crippen LogP contribution >= 0.6 is 11.3 Å². The summed E-state index contributed by atoms with van der Waals surface area (Å²) in [6.07, 6.45) is 3.54. The van der Waals surface area contributed by atoms with Crippen molar-refractivity contribution in [2.45, 2.75) is 6.61 Å². The lowest BCUT2D eigenvalue weighted by molar-refractivity contribution is 0.305. The maximum Gasteiger partial charge on any atom is 0.157 e. The number of fused-ring (bicyclic) bond motifs is 1. The van der Waals surface area contributed by atoms with E-state index in [4.69, 9.17) is 4.74 Å². The Morgan fingerprint density at radius 2 is 2.24 bits per heavy atom. The lowest BCUT2D eigenvalue weighted by Crippen LogP contribution is -1.93. The highest BCUT2D eigenvalue weighted by atomic mass is 32.1. The molecule has 1 aromatic carbocycles. The van der Waals surface area contributed by atoms with Gasteiger partial charge in [-0.3, -0.25) is 4.68 Å². The van der Waals surface area contributed by atoms with Crippen LogP contribution in [0.1, 0.15) is 5.01 Å². The number of para-hydroxylation sites is 1. The average Bonchev–Trinajstić information content (AvgIpc) is 2.91. The summed E-state index contributed by atoms with van der Waals surface area (Å²) in [6.45, 7) is 0.491. The fourth-order valence-corrected chi connectivity index (χ4v) is 2.48. The third-order valence-electron chi connectivity index (χ3n) is 2.38. The first-order valence-electron chi connectivity index (χ1n) is 5.27. The number of ether oxygens (including phenoxy) is 1.